The highest BCUT2D eigenvalue weighted by molar-refractivity contribution is 9.10. The lowest BCUT2D eigenvalue weighted by Gasteiger charge is -2.20. The van der Waals surface area contributed by atoms with Gasteiger partial charge in [-0.15, -0.1) is 11.6 Å². The maximum absolute atomic E-state index is 6.51. The van der Waals surface area contributed by atoms with Crippen LogP contribution < -0.4 is 4.74 Å². The van der Waals surface area contributed by atoms with Crippen LogP contribution in [0.25, 0.3) is 0 Å². The van der Waals surface area contributed by atoms with Crippen LogP contribution in [0.1, 0.15) is 44.6 Å². The number of hydrogen-bond donors (Lipinski definition) is 0. The zero-order valence-corrected chi connectivity index (χ0v) is 13.0. The summed E-state index contributed by atoms with van der Waals surface area (Å²) in [4.78, 5) is 0. The molecule has 0 amide bonds. The summed E-state index contributed by atoms with van der Waals surface area (Å²) in [5, 5.41) is 0.0805. The molecular weight excluding hydrogens is 300 g/mol. The zero-order valence-electron chi connectivity index (χ0n) is 10.7. The molecule has 0 aliphatic heterocycles. The van der Waals surface area contributed by atoms with E-state index in [-0.39, 0.29) is 5.38 Å². The Labute approximate surface area is 118 Å². The van der Waals surface area contributed by atoms with Crippen molar-refractivity contribution in [1.29, 1.82) is 0 Å². The smallest absolute Gasteiger partial charge is 0.133 e. The van der Waals surface area contributed by atoms with Crippen molar-refractivity contribution < 1.29 is 4.74 Å². The molecule has 0 heterocycles. The number of ether oxygens (including phenoxy) is 1. The van der Waals surface area contributed by atoms with Gasteiger partial charge in [-0.3, -0.25) is 0 Å². The minimum Gasteiger partial charge on any atom is -0.493 e. The van der Waals surface area contributed by atoms with E-state index in [9.17, 15) is 0 Å². The van der Waals surface area contributed by atoms with Gasteiger partial charge in [0.25, 0.3) is 0 Å². The summed E-state index contributed by atoms with van der Waals surface area (Å²) in [6.45, 7) is 7.03. The van der Waals surface area contributed by atoms with Crippen molar-refractivity contribution >= 4 is 27.5 Å². The fraction of sp³-hybridized carbons (Fsp3) is 0.571. The highest BCUT2D eigenvalue weighted by Gasteiger charge is 2.18. The summed E-state index contributed by atoms with van der Waals surface area (Å²) in [5.41, 5.74) is 1.16. The van der Waals surface area contributed by atoms with Crippen molar-refractivity contribution in [3.63, 3.8) is 0 Å². The summed E-state index contributed by atoms with van der Waals surface area (Å²) in [6.07, 6.45) is 2.21. The molecule has 0 fully saturated rings. The Bertz CT molecular complexity index is 350. The maximum Gasteiger partial charge on any atom is 0.133 e. The highest BCUT2D eigenvalue weighted by atomic mass is 79.9. The molecule has 1 aromatic carbocycles. The van der Waals surface area contributed by atoms with Crippen LogP contribution in [0.15, 0.2) is 22.7 Å². The molecule has 17 heavy (non-hydrogen) atoms. The van der Waals surface area contributed by atoms with Crippen molar-refractivity contribution in [3.05, 3.63) is 28.2 Å². The predicted octanol–water partition coefficient (Wildman–Crippen LogP) is 5.56. The van der Waals surface area contributed by atoms with Crippen LogP contribution in [0.5, 0.6) is 5.75 Å². The molecule has 1 unspecified atom stereocenters. The van der Waals surface area contributed by atoms with E-state index in [1.165, 1.54) is 0 Å². The molecule has 0 saturated heterocycles. The lowest BCUT2D eigenvalue weighted by Crippen LogP contribution is -2.06. The average molecular weight is 320 g/mol. The lowest BCUT2D eigenvalue weighted by atomic mass is 9.94. The van der Waals surface area contributed by atoms with Crippen molar-refractivity contribution in [1.82, 2.24) is 0 Å². The third-order valence-corrected chi connectivity index (χ3v) is 4.26. The normalized spacial score (nSPS) is 12.8. The van der Waals surface area contributed by atoms with Crippen LogP contribution in [-0.4, -0.2) is 6.61 Å². The third-order valence-electron chi connectivity index (χ3n) is 3.04. The summed E-state index contributed by atoms with van der Waals surface area (Å²) < 4.78 is 6.47. The number of alkyl halides is 1. The average Bonchev–Trinajstić information content (AvgIpc) is 2.33. The SMILES string of the molecule is CCOc1ccc(C(Cl)C(CC)CC)cc1Br. The summed E-state index contributed by atoms with van der Waals surface area (Å²) in [5.74, 6) is 1.41. The van der Waals surface area contributed by atoms with Crippen LogP contribution in [0, 0.1) is 5.92 Å². The molecule has 1 rings (SSSR count). The Hall–Kier alpha value is -0.210. The van der Waals surface area contributed by atoms with E-state index in [1.54, 1.807) is 0 Å². The molecule has 0 bridgehead atoms. The standard InChI is InChI=1S/C14H20BrClO/c1-4-10(5-2)14(16)11-7-8-13(17-6-3)12(15)9-11/h7-10,14H,4-6H2,1-3H3. The molecule has 1 aromatic rings. The summed E-state index contributed by atoms with van der Waals surface area (Å²) in [7, 11) is 0. The van der Waals surface area contributed by atoms with E-state index in [0.717, 1.165) is 28.6 Å². The second-order valence-corrected chi connectivity index (χ2v) is 5.43. The summed E-state index contributed by atoms with van der Waals surface area (Å²) >= 11 is 10.0. The van der Waals surface area contributed by atoms with Crippen molar-refractivity contribution in [2.24, 2.45) is 5.92 Å². The maximum atomic E-state index is 6.51. The molecule has 0 aliphatic rings. The van der Waals surface area contributed by atoms with Gasteiger partial charge in [0.05, 0.1) is 16.5 Å². The van der Waals surface area contributed by atoms with Crippen LogP contribution >= 0.6 is 27.5 Å². The molecule has 1 atom stereocenters. The van der Waals surface area contributed by atoms with E-state index in [4.69, 9.17) is 16.3 Å². The molecule has 1 nitrogen and oxygen atoms in total. The van der Waals surface area contributed by atoms with Crippen LogP contribution in [0.2, 0.25) is 0 Å². The second-order valence-electron chi connectivity index (χ2n) is 4.10. The third kappa shape index (κ3) is 3.89. The van der Waals surface area contributed by atoms with Gasteiger partial charge in [-0.1, -0.05) is 32.8 Å². The lowest BCUT2D eigenvalue weighted by molar-refractivity contribution is 0.338. The van der Waals surface area contributed by atoms with Crippen molar-refractivity contribution in [3.8, 4) is 5.75 Å². The van der Waals surface area contributed by atoms with Crippen LogP contribution in [0.4, 0.5) is 0 Å². The molecule has 0 aliphatic carbocycles. The van der Waals surface area contributed by atoms with E-state index in [1.807, 2.05) is 13.0 Å². The number of benzene rings is 1. The van der Waals surface area contributed by atoms with Crippen molar-refractivity contribution in [2.75, 3.05) is 6.61 Å². The van der Waals surface area contributed by atoms with Gasteiger partial charge < -0.3 is 4.74 Å². The van der Waals surface area contributed by atoms with E-state index in [0.29, 0.717) is 12.5 Å². The Morgan fingerprint density at radius 3 is 2.35 bits per heavy atom. The first-order valence-corrected chi connectivity index (χ1v) is 7.43. The van der Waals surface area contributed by atoms with Gasteiger partial charge in [-0.2, -0.15) is 0 Å². The van der Waals surface area contributed by atoms with E-state index in [2.05, 4.69) is 41.9 Å². The fourth-order valence-electron chi connectivity index (χ4n) is 1.94. The largest absolute Gasteiger partial charge is 0.493 e. The molecule has 0 N–H and O–H groups in total. The van der Waals surface area contributed by atoms with Gasteiger partial charge in [-0.25, -0.2) is 0 Å². The first-order chi connectivity index (χ1) is 8.13. The monoisotopic (exact) mass is 318 g/mol. The van der Waals surface area contributed by atoms with Crippen LogP contribution in [-0.2, 0) is 0 Å². The second kappa shape index (κ2) is 7.27. The summed E-state index contributed by atoms with van der Waals surface area (Å²) in [6, 6.07) is 6.12. The Morgan fingerprint density at radius 1 is 1.24 bits per heavy atom. The van der Waals surface area contributed by atoms with Crippen molar-refractivity contribution in [2.45, 2.75) is 39.0 Å². The van der Waals surface area contributed by atoms with Gasteiger partial charge in [-0.05, 0) is 46.5 Å². The fourth-order valence-corrected chi connectivity index (χ4v) is 2.94. The Morgan fingerprint density at radius 2 is 1.88 bits per heavy atom. The number of hydrogen-bond acceptors (Lipinski definition) is 1. The first kappa shape index (κ1) is 14.8. The number of rotatable bonds is 6. The molecule has 96 valence electrons. The molecule has 0 aromatic heterocycles. The van der Waals surface area contributed by atoms with Gasteiger partial charge in [0, 0.05) is 0 Å². The topological polar surface area (TPSA) is 9.23 Å². The zero-order chi connectivity index (χ0) is 12.8. The van der Waals surface area contributed by atoms with Gasteiger partial charge in [0.15, 0.2) is 0 Å². The molecular formula is C14H20BrClO. The Balaban J connectivity index is 2.88. The quantitative estimate of drug-likeness (QED) is 0.623. The minimum atomic E-state index is 0.0805. The van der Waals surface area contributed by atoms with Gasteiger partial charge >= 0.3 is 0 Å². The van der Waals surface area contributed by atoms with Gasteiger partial charge in [0.1, 0.15) is 5.75 Å². The van der Waals surface area contributed by atoms with Gasteiger partial charge in [0.2, 0.25) is 0 Å². The molecule has 0 saturated carbocycles. The van der Waals surface area contributed by atoms with E-state index >= 15 is 0 Å². The number of halogens is 2. The highest BCUT2D eigenvalue weighted by Crippen LogP contribution is 2.36. The minimum absolute atomic E-state index is 0.0805. The predicted molar refractivity (Wildman–Crippen MR) is 78.0 cm³/mol. The molecule has 3 heteroatoms. The first-order valence-electron chi connectivity index (χ1n) is 6.20. The van der Waals surface area contributed by atoms with Crippen LogP contribution in [0.3, 0.4) is 0 Å². The molecule has 0 radical (unpaired) electrons. The molecule has 0 spiro atoms. The van der Waals surface area contributed by atoms with E-state index < -0.39 is 0 Å². The Kier molecular flexibility index (Phi) is 6.35.